The summed E-state index contributed by atoms with van der Waals surface area (Å²) in [5, 5.41) is 3.03. The van der Waals surface area contributed by atoms with Crippen LogP contribution in [0.15, 0.2) is 97.2 Å². The smallest absolute Gasteiger partial charge is 0.238 e. The number of hydrogen-bond donors (Lipinski definition) is 1. The van der Waals surface area contributed by atoms with Crippen molar-refractivity contribution < 1.29 is 28.2 Å². The molecule has 7 nitrogen and oxygen atoms in total. The molecule has 0 bridgehead atoms. The summed E-state index contributed by atoms with van der Waals surface area (Å²) in [7, 11) is 2.97. The van der Waals surface area contributed by atoms with Crippen LogP contribution in [0.5, 0.6) is 11.5 Å². The molecule has 1 spiro atoms. The van der Waals surface area contributed by atoms with Gasteiger partial charge in [-0.1, -0.05) is 42.5 Å². The Kier molecular flexibility index (Phi) is 6.16. The second kappa shape index (κ2) is 9.94. The molecule has 214 valence electrons. The summed E-state index contributed by atoms with van der Waals surface area (Å²) >= 11 is 0. The van der Waals surface area contributed by atoms with Crippen LogP contribution in [0.2, 0.25) is 0 Å². The number of carbonyl (C=O) groups excluding carboxylic acids is 3. The van der Waals surface area contributed by atoms with E-state index in [0.717, 1.165) is 11.1 Å². The maximum absolute atomic E-state index is 15.0. The molecule has 43 heavy (non-hydrogen) atoms. The van der Waals surface area contributed by atoms with Gasteiger partial charge in [-0.3, -0.25) is 14.4 Å². The fraction of sp³-hybridized carbons (Fsp3) is 0.171. The van der Waals surface area contributed by atoms with Gasteiger partial charge < -0.3 is 19.7 Å². The summed E-state index contributed by atoms with van der Waals surface area (Å²) < 4.78 is 24.9. The number of rotatable bonds is 6. The van der Waals surface area contributed by atoms with E-state index < -0.39 is 40.8 Å². The van der Waals surface area contributed by atoms with Crippen molar-refractivity contribution in [2.24, 2.45) is 5.92 Å². The minimum Gasteiger partial charge on any atom is -0.497 e. The number of hydrogen-bond acceptors (Lipinski definition) is 6. The predicted octanol–water partition coefficient (Wildman–Crippen LogP) is 5.82. The van der Waals surface area contributed by atoms with E-state index in [-0.39, 0.29) is 22.8 Å². The second-order valence-electron chi connectivity index (χ2n) is 10.9. The van der Waals surface area contributed by atoms with Gasteiger partial charge in [0.05, 0.1) is 31.7 Å². The quantitative estimate of drug-likeness (QED) is 0.292. The summed E-state index contributed by atoms with van der Waals surface area (Å²) in [5.41, 5.74) is 1.92. The van der Waals surface area contributed by atoms with Crippen LogP contribution in [0.3, 0.4) is 0 Å². The fourth-order valence-electron chi connectivity index (χ4n) is 7.12. The number of ketones is 2. The first-order chi connectivity index (χ1) is 20.9. The van der Waals surface area contributed by atoms with Gasteiger partial charge in [0.25, 0.3) is 0 Å². The highest BCUT2D eigenvalue weighted by Gasteiger charge is 2.70. The van der Waals surface area contributed by atoms with Gasteiger partial charge in [0.2, 0.25) is 5.91 Å². The molecule has 0 saturated carbocycles. The molecule has 4 aromatic carbocycles. The molecule has 7 rings (SSSR count). The van der Waals surface area contributed by atoms with Crippen LogP contribution in [0.4, 0.5) is 10.1 Å². The number of methoxy groups -OCH3 is 2. The molecular formula is C35H27FN2O5. The van der Waals surface area contributed by atoms with Crippen LogP contribution < -0.4 is 14.8 Å². The first-order valence-corrected chi connectivity index (χ1v) is 13.9. The number of carbonyl (C=O) groups is 3. The minimum absolute atomic E-state index is 0.221. The van der Waals surface area contributed by atoms with Gasteiger partial charge in [0.15, 0.2) is 11.6 Å². The van der Waals surface area contributed by atoms with Crippen molar-refractivity contribution in [2.45, 2.75) is 17.5 Å². The van der Waals surface area contributed by atoms with E-state index in [1.54, 1.807) is 24.4 Å². The third kappa shape index (κ3) is 3.75. The zero-order valence-electron chi connectivity index (χ0n) is 23.4. The van der Waals surface area contributed by atoms with Crippen molar-refractivity contribution in [3.63, 3.8) is 0 Å². The Balaban J connectivity index is 1.54. The van der Waals surface area contributed by atoms with Crippen LogP contribution in [0.1, 0.15) is 43.4 Å². The number of halogens is 1. The lowest BCUT2D eigenvalue weighted by Gasteiger charge is -2.38. The van der Waals surface area contributed by atoms with E-state index in [1.807, 2.05) is 59.5 Å². The number of nitrogens with one attached hydrogen (secondary N) is 1. The first kappa shape index (κ1) is 26.6. The summed E-state index contributed by atoms with van der Waals surface area (Å²) in [6, 6.07) is 23.3. The highest BCUT2D eigenvalue weighted by atomic mass is 19.1. The number of Topliss-reactive ketones (excluding diaryl/α,β-unsaturated/α-hetero) is 2. The number of nitrogens with zero attached hydrogens (tertiary/aromatic N) is 1. The first-order valence-electron chi connectivity index (χ1n) is 13.9. The van der Waals surface area contributed by atoms with Crippen molar-refractivity contribution in [2.75, 3.05) is 19.5 Å². The van der Waals surface area contributed by atoms with Gasteiger partial charge in [-0.25, -0.2) is 4.39 Å². The van der Waals surface area contributed by atoms with E-state index in [0.29, 0.717) is 17.0 Å². The third-order valence-corrected chi connectivity index (χ3v) is 8.92. The van der Waals surface area contributed by atoms with Crippen molar-refractivity contribution >= 4 is 29.2 Å². The van der Waals surface area contributed by atoms with Crippen molar-refractivity contribution in [3.8, 4) is 11.5 Å². The number of para-hydroxylation sites is 1. The molecule has 0 aromatic heterocycles. The largest absolute Gasteiger partial charge is 0.497 e. The van der Waals surface area contributed by atoms with Crippen LogP contribution in [0, 0.1) is 11.7 Å². The highest BCUT2D eigenvalue weighted by Crippen LogP contribution is 2.62. The molecule has 0 unspecified atom stereocenters. The van der Waals surface area contributed by atoms with Gasteiger partial charge in [-0.2, -0.15) is 0 Å². The van der Waals surface area contributed by atoms with E-state index in [2.05, 4.69) is 5.32 Å². The van der Waals surface area contributed by atoms with Gasteiger partial charge in [-0.15, -0.1) is 0 Å². The predicted molar refractivity (Wildman–Crippen MR) is 159 cm³/mol. The molecule has 4 atom stereocenters. The van der Waals surface area contributed by atoms with Crippen LogP contribution in [-0.4, -0.2) is 42.6 Å². The maximum Gasteiger partial charge on any atom is 0.238 e. The molecule has 3 aliphatic heterocycles. The lowest BCUT2D eigenvalue weighted by Crippen LogP contribution is -2.49. The lowest BCUT2D eigenvalue weighted by atomic mass is 9.62. The third-order valence-electron chi connectivity index (χ3n) is 8.92. The molecule has 1 amide bonds. The normalized spacial score (nSPS) is 22.9. The van der Waals surface area contributed by atoms with E-state index in [9.17, 15) is 14.0 Å². The van der Waals surface area contributed by atoms with Gasteiger partial charge in [-0.05, 0) is 65.2 Å². The molecule has 0 aliphatic carbocycles. The Bertz CT molecular complexity index is 1830. The van der Waals surface area contributed by atoms with Gasteiger partial charge in [0.1, 0.15) is 28.8 Å². The monoisotopic (exact) mass is 574 g/mol. The Morgan fingerprint density at radius 2 is 1.63 bits per heavy atom. The fourth-order valence-corrected chi connectivity index (χ4v) is 7.12. The van der Waals surface area contributed by atoms with Crippen LogP contribution >= 0.6 is 0 Å². The Morgan fingerprint density at radius 1 is 0.884 bits per heavy atom. The zero-order chi connectivity index (χ0) is 29.9. The number of benzene rings is 4. The minimum atomic E-state index is -1.49. The van der Waals surface area contributed by atoms with Gasteiger partial charge >= 0.3 is 0 Å². The Labute approximate surface area is 247 Å². The average molecular weight is 575 g/mol. The van der Waals surface area contributed by atoms with Crippen LogP contribution in [-0.2, 0) is 10.2 Å². The summed E-state index contributed by atoms with van der Waals surface area (Å²) in [4.78, 5) is 46.0. The lowest BCUT2D eigenvalue weighted by molar-refractivity contribution is -0.122. The number of fused-ring (bicyclic) bond motifs is 6. The number of ether oxygens (including phenoxy) is 2. The summed E-state index contributed by atoms with van der Waals surface area (Å²) in [5.74, 6) is -2.10. The topological polar surface area (TPSA) is 84.9 Å². The van der Waals surface area contributed by atoms with Gasteiger partial charge in [0, 0.05) is 23.5 Å². The maximum atomic E-state index is 15.0. The van der Waals surface area contributed by atoms with Crippen molar-refractivity contribution in [1.82, 2.24) is 4.90 Å². The molecule has 3 heterocycles. The number of amides is 1. The SMILES string of the molecule is COc1ccc(C(=O)[C@@H]2[C@@H](C(=O)c3ccc(F)cc3)N3C=Cc4ccccc4[C@@H]3[C@]23C(=O)Nc2ccccc23)c(OC)c1. The molecule has 4 aromatic rings. The van der Waals surface area contributed by atoms with Crippen LogP contribution in [0.25, 0.3) is 6.08 Å². The van der Waals surface area contributed by atoms with Crippen molar-refractivity contribution in [1.29, 1.82) is 0 Å². The van der Waals surface area contributed by atoms with E-state index in [1.165, 1.54) is 38.5 Å². The summed E-state index contributed by atoms with van der Waals surface area (Å²) in [6.07, 6.45) is 3.69. The highest BCUT2D eigenvalue weighted by molar-refractivity contribution is 6.17. The molecular weight excluding hydrogens is 547 g/mol. The molecule has 3 aliphatic rings. The second-order valence-corrected chi connectivity index (χ2v) is 10.9. The molecule has 1 fully saturated rings. The van der Waals surface area contributed by atoms with Crippen molar-refractivity contribution in [3.05, 3.63) is 131 Å². The molecule has 1 N–H and O–H groups in total. The molecule has 1 saturated heterocycles. The number of anilines is 1. The molecule has 0 radical (unpaired) electrons. The molecule has 8 heteroatoms. The Morgan fingerprint density at radius 3 is 2.40 bits per heavy atom. The standard InChI is InChI=1S/C35H27FN2O5/c1-42-23-15-16-25(28(19-23)43-2)32(40)29-30(31(39)21-11-13-22(36)14-12-21)38-18-17-20-7-3-4-8-24(20)33(38)35(29)26-9-5-6-10-27(26)37-34(35)41/h3-19,29-30,33H,1-2H3,(H,37,41)/t29-,30-,33+,35+/m0/s1. The van der Waals surface area contributed by atoms with E-state index >= 15 is 4.79 Å². The van der Waals surface area contributed by atoms with E-state index in [4.69, 9.17) is 9.47 Å². The average Bonchev–Trinajstić information content (AvgIpc) is 3.52. The summed E-state index contributed by atoms with van der Waals surface area (Å²) in [6.45, 7) is 0. The zero-order valence-corrected chi connectivity index (χ0v) is 23.4. The Hall–Kier alpha value is -5.24.